The van der Waals surface area contributed by atoms with Crippen LogP contribution in [0.3, 0.4) is 0 Å². The van der Waals surface area contributed by atoms with Gasteiger partial charge < -0.3 is 25.0 Å². The Hall–Kier alpha value is -1.25. The minimum atomic E-state index is -1.14. The molecule has 6 nitrogen and oxygen atoms in total. The van der Waals surface area contributed by atoms with Crippen molar-refractivity contribution in [1.82, 2.24) is 9.55 Å². The number of imidazole rings is 1. The Morgan fingerprint density at radius 3 is 2.52 bits per heavy atom. The van der Waals surface area contributed by atoms with Crippen molar-refractivity contribution in [3.05, 3.63) is 28.0 Å². The Labute approximate surface area is 126 Å². The van der Waals surface area contributed by atoms with E-state index in [2.05, 4.69) is 4.98 Å². The lowest BCUT2D eigenvalue weighted by molar-refractivity contribution is -0.0514. The van der Waals surface area contributed by atoms with E-state index in [1.54, 1.807) is 4.57 Å². The summed E-state index contributed by atoms with van der Waals surface area (Å²) in [5.41, 5.74) is 3.88. The molecule has 0 unspecified atom stereocenters. The molecule has 1 aromatic carbocycles. The summed E-state index contributed by atoms with van der Waals surface area (Å²) in [7, 11) is 0. The van der Waals surface area contributed by atoms with Crippen LogP contribution in [0.1, 0.15) is 17.4 Å². The lowest BCUT2D eigenvalue weighted by Gasteiger charge is -2.17. The Kier molecular flexibility index (Phi) is 3.62. The monoisotopic (exact) mass is 310 g/mol. The average molecular weight is 310 g/mol. The Balaban J connectivity index is 2.15. The van der Waals surface area contributed by atoms with Gasteiger partial charge in [0.25, 0.3) is 0 Å². The van der Waals surface area contributed by atoms with Crippen molar-refractivity contribution in [2.75, 3.05) is 6.61 Å². The number of hydrogen-bond donors (Lipinski definition) is 4. The average Bonchev–Trinajstić information content (AvgIpc) is 2.89. The largest absolute Gasteiger partial charge is 0.394 e. The number of aromatic nitrogens is 2. The van der Waals surface area contributed by atoms with Crippen LogP contribution in [0.25, 0.3) is 11.0 Å². The van der Waals surface area contributed by atoms with Gasteiger partial charge in [-0.2, -0.15) is 0 Å². The smallest absolute Gasteiger partial charge is 0.180 e. The molecule has 2 heterocycles. The zero-order chi connectivity index (χ0) is 15.3. The van der Waals surface area contributed by atoms with Crippen LogP contribution < -0.4 is 0 Å². The second-order valence-corrected chi connectivity index (χ2v) is 5.87. The molecule has 1 aliphatic rings. The maximum atomic E-state index is 10.2. The molecule has 1 aliphatic heterocycles. The highest BCUT2D eigenvalue weighted by Crippen LogP contribution is 2.33. The first-order chi connectivity index (χ1) is 9.93. The maximum absolute atomic E-state index is 10.2. The molecule has 1 saturated heterocycles. The fourth-order valence-corrected chi connectivity index (χ4v) is 3.04. The Morgan fingerprint density at radius 2 is 1.90 bits per heavy atom. The molecule has 21 heavy (non-hydrogen) atoms. The minimum absolute atomic E-state index is 0.359. The Morgan fingerprint density at radius 1 is 1.24 bits per heavy atom. The number of aliphatic hydroxyl groups is 3. The van der Waals surface area contributed by atoms with Crippen LogP contribution in [0, 0.1) is 18.6 Å². The summed E-state index contributed by atoms with van der Waals surface area (Å²) in [5.74, 6) is 0. The van der Waals surface area contributed by atoms with Gasteiger partial charge in [-0.3, -0.25) is 4.57 Å². The van der Waals surface area contributed by atoms with E-state index in [1.807, 2.05) is 26.0 Å². The summed E-state index contributed by atoms with van der Waals surface area (Å²) in [6, 6.07) is 3.95. The molecule has 0 bridgehead atoms. The van der Waals surface area contributed by atoms with Crippen molar-refractivity contribution >= 4 is 23.3 Å². The SMILES string of the molecule is Cc1cc2[nH]c(=S)n([C@H]3O[C@@H](CO)[C@@H](O)[C@@H]3O)c2cc1C. The third-order valence-electron chi connectivity index (χ3n) is 4.10. The van der Waals surface area contributed by atoms with Crippen molar-refractivity contribution in [2.45, 2.75) is 38.4 Å². The van der Waals surface area contributed by atoms with E-state index in [1.165, 1.54) is 0 Å². The molecule has 0 spiro atoms. The summed E-state index contributed by atoms with van der Waals surface area (Å²) in [6.07, 6.45) is -3.92. The zero-order valence-corrected chi connectivity index (χ0v) is 12.6. The number of fused-ring (bicyclic) bond motifs is 1. The van der Waals surface area contributed by atoms with E-state index in [9.17, 15) is 15.3 Å². The number of rotatable bonds is 2. The van der Waals surface area contributed by atoms with E-state index in [-0.39, 0.29) is 6.61 Å². The molecule has 0 amide bonds. The summed E-state index contributed by atoms with van der Waals surface area (Å²) < 4.78 is 7.63. The molecule has 0 radical (unpaired) electrons. The Bertz CT molecular complexity index is 738. The molecule has 114 valence electrons. The lowest BCUT2D eigenvalue weighted by Crippen LogP contribution is -2.33. The van der Waals surface area contributed by atoms with Gasteiger partial charge in [0.05, 0.1) is 17.6 Å². The highest BCUT2D eigenvalue weighted by Gasteiger charge is 2.44. The number of H-pyrrole nitrogens is 1. The van der Waals surface area contributed by atoms with Crippen LogP contribution in [0.5, 0.6) is 0 Å². The van der Waals surface area contributed by atoms with E-state index in [0.29, 0.717) is 4.77 Å². The topological polar surface area (TPSA) is 90.6 Å². The first-order valence-corrected chi connectivity index (χ1v) is 7.18. The fraction of sp³-hybridized carbons (Fsp3) is 0.500. The highest BCUT2D eigenvalue weighted by atomic mass is 32.1. The van der Waals surface area contributed by atoms with Gasteiger partial charge in [0, 0.05) is 0 Å². The summed E-state index contributed by atoms with van der Waals surface area (Å²) in [5, 5.41) is 29.3. The predicted octanol–water partition coefficient (Wildman–Crippen LogP) is 0.927. The molecule has 1 aromatic heterocycles. The van der Waals surface area contributed by atoms with Gasteiger partial charge in [-0.15, -0.1) is 0 Å². The summed E-state index contributed by atoms with van der Waals surface area (Å²) in [6.45, 7) is 3.64. The predicted molar refractivity (Wildman–Crippen MR) is 79.6 cm³/mol. The van der Waals surface area contributed by atoms with Crippen LogP contribution in [0.2, 0.25) is 0 Å². The van der Waals surface area contributed by atoms with Crippen LogP contribution in [-0.2, 0) is 4.74 Å². The van der Waals surface area contributed by atoms with E-state index in [4.69, 9.17) is 17.0 Å². The van der Waals surface area contributed by atoms with Crippen LogP contribution >= 0.6 is 12.2 Å². The molecule has 4 N–H and O–H groups in total. The van der Waals surface area contributed by atoms with Gasteiger partial charge in [0.15, 0.2) is 11.0 Å². The number of nitrogens with zero attached hydrogens (tertiary/aromatic N) is 1. The molecule has 0 saturated carbocycles. The van der Waals surface area contributed by atoms with Gasteiger partial charge in [-0.1, -0.05) is 0 Å². The summed E-state index contributed by atoms with van der Waals surface area (Å²) >= 11 is 5.31. The van der Waals surface area contributed by atoms with E-state index in [0.717, 1.165) is 22.2 Å². The molecule has 4 atom stereocenters. The molecule has 1 fully saturated rings. The number of aryl methyl sites for hydroxylation is 2. The number of nitrogens with one attached hydrogen (secondary N) is 1. The van der Waals surface area contributed by atoms with Crippen molar-refractivity contribution in [2.24, 2.45) is 0 Å². The van der Waals surface area contributed by atoms with Gasteiger partial charge in [0.1, 0.15) is 18.3 Å². The van der Waals surface area contributed by atoms with Crippen LogP contribution in [-0.4, -0.2) is 49.8 Å². The van der Waals surface area contributed by atoms with Crippen LogP contribution in [0.15, 0.2) is 12.1 Å². The highest BCUT2D eigenvalue weighted by molar-refractivity contribution is 7.71. The second kappa shape index (κ2) is 5.19. The van der Waals surface area contributed by atoms with E-state index < -0.39 is 24.5 Å². The summed E-state index contributed by atoms with van der Waals surface area (Å²) in [4.78, 5) is 3.08. The first-order valence-electron chi connectivity index (χ1n) is 6.78. The molecule has 0 aliphatic carbocycles. The molecular weight excluding hydrogens is 292 g/mol. The van der Waals surface area contributed by atoms with Gasteiger partial charge >= 0.3 is 0 Å². The van der Waals surface area contributed by atoms with E-state index >= 15 is 0 Å². The van der Waals surface area contributed by atoms with Gasteiger partial charge in [-0.05, 0) is 49.3 Å². The lowest BCUT2D eigenvalue weighted by atomic mass is 10.1. The quantitative estimate of drug-likeness (QED) is 0.620. The number of aromatic amines is 1. The molecule has 2 aromatic rings. The third kappa shape index (κ3) is 2.21. The van der Waals surface area contributed by atoms with Crippen LogP contribution in [0.4, 0.5) is 0 Å². The zero-order valence-electron chi connectivity index (χ0n) is 11.8. The maximum Gasteiger partial charge on any atom is 0.180 e. The third-order valence-corrected chi connectivity index (χ3v) is 4.40. The van der Waals surface area contributed by atoms with Crippen molar-refractivity contribution in [3.8, 4) is 0 Å². The number of aliphatic hydroxyl groups excluding tert-OH is 3. The molecular formula is C14H18N2O4S. The molecule has 7 heteroatoms. The first kappa shape index (κ1) is 14.7. The fourth-order valence-electron chi connectivity index (χ4n) is 2.73. The molecule has 3 rings (SSSR count). The number of benzene rings is 1. The van der Waals surface area contributed by atoms with Crippen molar-refractivity contribution in [3.63, 3.8) is 0 Å². The standard InChI is InChI=1S/C14H18N2O4S/c1-6-3-8-9(4-7(6)2)16(14(21)15-8)13-12(19)11(18)10(5-17)20-13/h3-4,10-13,17-19H,5H2,1-2H3,(H,15,21)/t10-,11+,12-,13-/m0/s1. The van der Waals surface area contributed by atoms with Gasteiger partial charge in [-0.25, -0.2) is 0 Å². The minimum Gasteiger partial charge on any atom is -0.394 e. The number of hydrogen-bond acceptors (Lipinski definition) is 5. The number of ether oxygens (including phenoxy) is 1. The normalized spacial score (nSPS) is 29.4. The van der Waals surface area contributed by atoms with Crippen molar-refractivity contribution < 1.29 is 20.1 Å². The second-order valence-electron chi connectivity index (χ2n) is 5.48. The van der Waals surface area contributed by atoms with Gasteiger partial charge in [0.2, 0.25) is 0 Å². The van der Waals surface area contributed by atoms with Crippen molar-refractivity contribution in [1.29, 1.82) is 0 Å².